The number of rotatable bonds is 2. The Hall–Kier alpha value is -0.460. The van der Waals surface area contributed by atoms with Crippen LogP contribution in [0.5, 0.6) is 0 Å². The Bertz CT molecular complexity index is 259. The number of halogens is 2. The highest BCUT2D eigenvalue weighted by atomic mass is 35.5. The molecule has 0 saturated heterocycles. The molecule has 5 heteroatoms. The van der Waals surface area contributed by atoms with Crippen molar-refractivity contribution in [2.24, 2.45) is 5.41 Å². The third-order valence-electron chi connectivity index (χ3n) is 1.98. The van der Waals surface area contributed by atoms with Crippen LogP contribution in [-0.4, -0.2) is 16.9 Å². The van der Waals surface area contributed by atoms with Crippen molar-refractivity contribution in [1.29, 1.82) is 5.26 Å². The summed E-state index contributed by atoms with van der Waals surface area (Å²) in [6.07, 6.45) is 0.382. The Balaban J connectivity index is 2.52. The fraction of sp³-hybridized carbons (Fsp3) is 0.714. The number of ether oxygens (including phenoxy) is 1. The molecule has 1 saturated carbocycles. The first-order valence-corrected chi connectivity index (χ1v) is 4.12. The minimum atomic E-state index is -1.01. The van der Waals surface area contributed by atoms with Crippen LogP contribution in [0.15, 0.2) is 0 Å². The molecule has 1 rings (SSSR count). The number of carbonyl (C=O) groups excluding carboxylic acids is 1. The highest BCUT2D eigenvalue weighted by Crippen LogP contribution is 2.64. The van der Waals surface area contributed by atoms with E-state index in [0.717, 1.165) is 0 Å². The molecule has 66 valence electrons. The molecular weight excluding hydrogens is 201 g/mol. The zero-order chi connectivity index (χ0) is 9.41. The van der Waals surface area contributed by atoms with Crippen LogP contribution in [0.4, 0.5) is 0 Å². The second kappa shape index (κ2) is 2.79. The van der Waals surface area contributed by atoms with Gasteiger partial charge in [-0.25, -0.2) is 0 Å². The van der Waals surface area contributed by atoms with Crippen molar-refractivity contribution in [3.05, 3.63) is 0 Å². The molecule has 0 aromatic carbocycles. The molecule has 1 atom stereocenters. The lowest BCUT2D eigenvalue weighted by atomic mass is 10.1. The molecule has 0 amide bonds. The molecule has 3 nitrogen and oxygen atoms in total. The van der Waals surface area contributed by atoms with E-state index in [0.29, 0.717) is 6.42 Å². The van der Waals surface area contributed by atoms with Gasteiger partial charge in [0.1, 0.15) is 15.8 Å². The number of nitrogens with zero attached hydrogens (tertiary/aromatic N) is 1. The summed E-state index contributed by atoms with van der Waals surface area (Å²) in [5.41, 5.74) is -0.826. The molecule has 0 radical (unpaired) electrons. The Kier molecular flexibility index (Phi) is 2.24. The Labute approximate surface area is 80.2 Å². The van der Waals surface area contributed by atoms with Crippen molar-refractivity contribution in [3.8, 4) is 6.07 Å². The first kappa shape index (κ1) is 9.63. The van der Waals surface area contributed by atoms with Gasteiger partial charge < -0.3 is 4.74 Å². The maximum Gasteiger partial charge on any atom is 0.316 e. The maximum atomic E-state index is 11.2. The van der Waals surface area contributed by atoms with Crippen molar-refractivity contribution in [2.75, 3.05) is 6.61 Å². The molecule has 0 bridgehead atoms. The molecule has 0 aromatic heterocycles. The molecule has 1 aliphatic carbocycles. The van der Waals surface area contributed by atoms with Gasteiger partial charge >= 0.3 is 5.97 Å². The zero-order valence-corrected chi connectivity index (χ0v) is 7.95. The second-order valence-corrected chi connectivity index (χ2v) is 4.43. The van der Waals surface area contributed by atoms with Gasteiger partial charge in [0, 0.05) is 6.42 Å². The second-order valence-electron chi connectivity index (χ2n) is 2.95. The van der Waals surface area contributed by atoms with Gasteiger partial charge in [-0.3, -0.25) is 4.79 Å². The Morgan fingerprint density at radius 3 is 2.58 bits per heavy atom. The standard InChI is InChI=1S/C7H7Cl2NO2/c1-6(4-7(6,8)9)5(11)12-3-2-10/h3-4H2,1H3. The smallest absolute Gasteiger partial charge is 0.316 e. The summed E-state index contributed by atoms with van der Waals surface area (Å²) in [4.78, 5) is 11.2. The molecule has 12 heavy (non-hydrogen) atoms. The van der Waals surface area contributed by atoms with E-state index in [2.05, 4.69) is 4.74 Å². The lowest BCUT2D eigenvalue weighted by Gasteiger charge is -2.08. The highest BCUT2D eigenvalue weighted by molar-refractivity contribution is 6.53. The lowest BCUT2D eigenvalue weighted by molar-refractivity contribution is -0.148. The van der Waals surface area contributed by atoms with Gasteiger partial charge in [-0.15, -0.1) is 23.2 Å². The lowest BCUT2D eigenvalue weighted by Crippen LogP contribution is -2.21. The van der Waals surface area contributed by atoms with Gasteiger partial charge in [-0.1, -0.05) is 0 Å². The first-order chi connectivity index (χ1) is 5.44. The molecule has 0 N–H and O–H groups in total. The average Bonchev–Trinajstić information content (AvgIpc) is 2.48. The quantitative estimate of drug-likeness (QED) is 0.511. The van der Waals surface area contributed by atoms with Crippen LogP contribution < -0.4 is 0 Å². The summed E-state index contributed by atoms with van der Waals surface area (Å²) >= 11 is 11.4. The number of esters is 1. The highest BCUT2D eigenvalue weighted by Gasteiger charge is 2.69. The summed E-state index contributed by atoms with van der Waals surface area (Å²) < 4.78 is 3.57. The predicted octanol–water partition coefficient (Wildman–Crippen LogP) is 1.64. The molecular formula is C7H7Cl2NO2. The van der Waals surface area contributed by atoms with E-state index in [1.807, 2.05) is 0 Å². The molecule has 0 aliphatic heterocycles. The van der Waals surface area contributed by atoms with Crippen LogP contribution in [0.1, 0.15) is 13.3 Å². The van der Waals surface area contributed by atoms with Crippen LogP contribution in [0.25, 0.3) is 0 Å². The minimum absolute atomic E-state index is 0.252. The van der Waals surface area contributed by atoms with E-state index < -0.39 is 15.7 Å². The molecule has 1 aliphatic rings. The number of hydrogen-bond acceptors (Lipinski definition) is 3. The molecule has 0 heterocycles. The largest absolute Gasteiger partial charge is 0.450 e. The Morgan fingerprint density at radius 2 is 2.25 bits per heavy atom. The summed E-state index contributed by atoms with van der Waals surface area (Å²) in [7, 11) is 0. The van der Waals surface area contributed by atoms with Gasteiger partial charge in [0.15, 0.2) is 6.61 Å². The summed E-state index contributed by atoms with van der Waals surface area (Å²) in [6, 6.07) is 1.70. The Morgan fingerprint density at radius 1 is 1.75 bits per heavy atom. The number of carbonyl (C=O) groups is 1. The van der Waals surface area contributed by atoms with Crippen molar-refractivity contribution in [2.45, 2.75) is 17.7 Å². The third kappa shape index (κ3) is 1.37. The van der Waals surface area contributed by atoms with Crippen LogP contribution in [0, 0.1) is 16.7 Å². The van der Waals surface area contributed by atoms with Crippen molar-refractivity contribution in [1.82, 2.24) is 0 Å². The van der Waals surface area contributed by atoms with Crippen molar-refractivity contribution in [3.63, 3.8) is 0 Å². The van der Waals surface area contributed by atoms with Crippen molar-refractivity contribution < 1.29 is 9.53 Å². The number of hydrogen-bond donors (Lipinski definition) is 0. The molecule has 1 fully saturated rings. The minimum Gasteiger partial charge on any atom is -0.450 e. The van der Waals surface area contributed by atoms with Gasteiger partial charge in [-0.05, 0) is 6.92 Å². The summed E-state index contributed by atoms with van der Waals surface area (Å²) in [5, 5.41) is 8.14. The fourth-order valence-electron chi connectivity index (χ4n) is 0.878. The van der Waals surface area contributed by atoms with Crippen molar-refractivity contribution >= 4 is 29.2 Å². The molecule has 0 aromatic rings. The monoisotopic (exact) mass is 207 g/mol. The van der Waals surface area contributed by atoms with Gasteiger partial charge in [-0.2, -0.15) is 5.26 Å². The van der Waals surface area contributed by atoms with Gasteiger partial charge in [0.2, 0.25) is 0 Å². The van der Waals surface area contributed by atoms with Crippen LogP contribution in [0.3, 0.4) is 0 Å². The maximum absolute atomic E-state index is 11.2. The van der Waals surface area contributed by atoms with E-state index >= 15 is 0 Å². The van der Waals surface area contributed by atoms with E-state index in [9.17, 15) is 4.79 Å². The van der Waals surface area contributed by atoms with Crippen LogP contribution in [-0.2, 0) is 9.53 Å². The van der Waals surface area contributed by atoms with E-state index in [-0.39, 0.29) is 6.61 Å². The SMILES string of the molecule is CC1(C(=O)OCC#N)CC1(Cl)Cl. The number of nitriles is 1. The van der Waals surface area contributed by atoms with Gasteiger partial charge in [0.25, 0.3) is 0 Å². The van der Waals surface area contributed by atoms with E-state index in [4.69, 9.17) is 28.5 Å². The fourth-order valence-corrected chi connectivity index (χ4v) is 1.57. The van der Waals surface area contributed by atoms with Crippen LogP contribution in [0.2, 0.25) is 0 Å². The van der Waals surface area contributed by atoms with Crippen LogP contribution >= 0.6 is 23.2 Å². The van der Waals surface area contributed by atoms with Gasteiger partial charge in [0.05, 0.1) is 0 Å². The number of alkyl halides is 2. The normalized spacial score (nSPS) is 30.5. The third-order valence-corrected chi connectivity index (χ3v) is 3.08. The van der Waals surface area contributed by atoms with E-state index in [1.54, 1.807) is 13.0 Å². The molecule has 1 unspecified atom stereocenters. The summed E-state index contributed by atoms with van der Waals surface area (Å²) in [5.74, 6) is -0.506. The first-order valence-electron chi connectivity index (χ1n) is 3.36. The molecule has 0 spiro atoms. The topological polar surface area (TPSA) is 50.1 Å². The summed E-state index contributed by atoms with van der Waals surface area (Å²) in [6.45, 7) is 1.37. The average molecular weight is 208 g/mol. The van der Waals surface area contributed by atoms with E-state index in [1.165, 1.54) is 0 Å². The zero-order valence-electron chi connectivity index (χ0n) is 6.43. The predicted molar refractivity (Wildman–Crippen MR) is 43.7 cm³/mol.